The van der Waals surface area contributed by atoms with Crippen LogP contribution in [0.25, 0.3) is 6.08 Å². The number of rotatable bonds is 2. The van der Waals surface area contributed by atoms with Gasteiger partial charge in [-0.1, -0.05) is 24.3 Å². The lowest BCUT2D eigenvalue weighted by atomic mass is 10.00. The standard InChI is InChI=1S/C23H30O8/c1-13-8-6-11-17-21(31-23(2,3)30-17)15(24)10-7-9-14-19(22(26)29-13)16(25)12-18(27-4)20(14)28-5/h6-7,9,11-13,15,17,21,24-25H,8,10H2,1-5H3/b9-7+,11-6+/t13-,15+,17-,21-/m0/s1. The highest BCUT2D eigenvalue weighted by molar-refractivity contribution is 5.98. The molecule has 170 valence electrons. The second kappa shape index (κ2) is 9.30. The molecule has 0 unspecified atom stereocenters. The van der Waals surface area contributed by atoms with Crippen LogP contribution in [0.2, 0.25) is 0 Å². The van der Waals surface area contributed by atoms with E-state index in [0.717, 1.165) is 0 Å². The predicted molar refractivity (Wildman–Crippen MR) is 113 cm³/mol. The number of hydrogen-bond acceptors (Lipinski definition) is 8. The molecule has 0 saturated carbocycles. The van der Waals surface area contributed by atoms with Gasteiger partial charge in [0.2, 0.25) is 0 Å². The molecule has 0 radical (unpaired) electrons. The maximum absolute atomic E-state index is 12.9. The molecule has 2 aliphatic heterocycles. The van der Waals surface area contributed by atoms with Crippen LogP contribution in [0.15, 0.2) is 24.3 Å². The number of carbonyl (C=O) groups excluding carboxylic acids is 1. The highest BCUT2D eigenvalue weighted by Crippen LogP contribution is 2.41. The van der Waals surface area contributed by atoms with Crippen LogP contribution in [0, 0.1) is 0 Å². The van der Waals surface area contributed by atoms with Crippen LogP contribution in [-0.2, 0) is 14.2 Å². The Balaban J connectivity index is 2.05. The number of carbonyl (C=O) groups is 1. The fraction of sp³-hybridized carbons (Fsp3) is 0.522. The zero-order chi connectivity index (χ0) is 22.8. The van der Waals surface area contributed by atoms with Gasteiger partial charge in [-0.05, 0) is 27.2 Å². The predicted octanol–water partition coefficient (Wildman–Crippen LogP) is 3.20. The summed E-state index contributed by atoms with van der Waals surface area (Å²) in [4.78, 5) is 12.9. The molecule has 1 aromatic rings. The summed E-state index contributed by atoms with van der Waals surface area (Å²) in [6, 6.07) is 1.31. The first-order chi connectivity index (χ1) is 14.7. The molecule has 8 heteroatoms. The number of aromatic hydroxyl groups is 1. The highest BCUT2D eigenvalue weighted by Gasteiger charge is 2.43. The summed E-state index contributed by atoms with van der Waals surface area (Å²) >= 11 is 0. The zero-order valence-corrected chi connectivity index (χ0v) is 18.5. The van der Waals surface area contributed by atoms with Crippen LogP contribution >= 0.6 is 0 Å². The molecule has 2 aliphatic rings. The first-order valence-corrected chi connectivity index (χ1v) is 10.2. The number of benzene rings is 1. The molecule has 2 N–H and O–H groups in total. The van der Waals surface area contributed by atoms with E-state index in [0.29, 0.717) is 12.0 Å². The van der Waals surface area contributed by atoms with Crippen molar-refractivity contribution in [3.8, 4) is 17.2 Å². The second-order valence-corrected chi connectivity index (χ2v) is 8.07. The first kappa shape index (κ1) is 23.1. The number of aliphatic hydroxyl groups excluding tert-OH is 1. The number of hydrogen-bond donors (Lipinski definition) is 2. The maximum atomic E-state index is 12.9. The second-order valence-electron chi connectivity index (χ2n) is 8.07. The van der Waals surface area contributed by atoms with Gasteiger partial charge in [0.15, 0.2) is 17.3 Å². The Morgan fingerprint density at radius 2 is 1.87 bits per heavy atom. The molecule has 8 nitrogen and oxygen atoms in total. The number of phenols is 1. The van der Waals surface area contributed by atoms with Crippen LogP contribution in [0.4, 0.5) is 0 Å². The molecular weight excluding hydrogens is 404 g/mol. The van der Waals surface area contributed by atoms with E-state index >= 15 is 0 Å². The minimum Gasteiger partial charge on any atom is -0.507 e. The normalized spacial score (nSPS) is 30.3. The van der Waals surface area contributed by atoms with Crippen LogP contribution in [0.1, 0.15) is 49.5 Å². The Morgan fingerprint density at radius 3 is 2.55 bits per heavy atom. The van der Waals surface area contributed by atoms with Gasteiger partial charge in [0.05, 0.1) is 20.3 Å². The Kier molecular flexibility index (Phi) is 6.93. The van der Waals surface area contributed by atoms with E-state index in [-0.39, 0.29) is 29.2 Å². The quantitative estimate of drug-likeness (QED) is 0.540. The number of aliphatic hydroxyl groups is 1. The van der Waals surface area contributed by atoms with Gasteiger partial charge < -0.3 is 33.9 Å². The minimum absolute atomic E-state index is 0.0317. The molecule has 0 spiro atoms. The Morgan fingerprint density at radius 1 is 1.13 bits per heavy atom. The highest BCUT2D eigenvalue weighted by atomic mass is 16.8. The summed E-state index contributed by atoms with van der Waals surface area (Å²) in [5.41, 5.74) is 0.271. The lowest BCUT2D eigenvalue weighted by Crippen LogP contribution is -2.34. The van der Waals surface area contributed by atoms with Crippen molar-refractivity contribution in [2.75, 3.05) is 14.2 Å². The smallest absolute Gasteiger partial charge is 0.342 e. The van der Waals surface area contributed by atoms with E-state index in [1.54, 1.807) is 32.9 Å². The molecule has 3 rings (SSSR count). The van der Waals surface area contributed by atoms with E-state index in [2.05, 4.69) is 0 Å². The topological polar surface area (TPSA) is 104 Å². The molecule has 0 bridgehead atoms. The van der Waals surface area contributed by atoms with Crippen molar-refractivity contribution >= 4 is 12.0 Å². The van der Waals surface area contributed by atoms with Crippen molar-refractivity contribution in [2.24, 2.45) is 0 Å². The summed E-state index contributed by atoms with van der Waals surface area (Å²) < 4.78 is 28.1. The molecule has 0 amide bonds. The molecule has 4 atom stereocenters. The van der Waals surface area contributed by atoms with E-state index in [4.69, 9.17) is 23.7 Å². The molecule has 1 aromatic carbocycles. The van der Waals surface area contributed by atoms with E-state index in [1.807, 2.05) is 12.2 Å². The summed E-state index contributed by atoms with van der Waals surface area (Å²) in [5.74, 6) is -1.26. The lowest BCUT2D eigenvalue weighted by Gasteiger charge is -2.21. The van der Waals surface area contributed by atoms with Crippen molar-refractivity contribution in [1.29, 1.82) is 0 Å². The fourth-order valence-corrected chi connectivity index (χ4v) is 3.80. The van der Waals surface area contributed by atoms with Crippen LogP contribution in [0.5, 0.6) is 17.2 Å². The van der Waals surface area contributed by atoms with Gasteiger partial charge in [-0.15, -0.1) is 0 Å². The van der Waals surface area contributed by atoms with Gasteiger partial charge in [-0.25, -0.2) is 4.79 Å². The third-order valence-electron chi connectivity index (χ3n) is 5.20. The van der Waals surface area contributed by atoms with Gasteiger partial charge in [-0.2, -0.15) is 0 Å². The number of cyclic esters (lactones) is 1. The first-order valence-electron chi connectivity index (χ1n) is 10.2. The average molecular weight is 434 g/mol. The van der Waals surface area contributed by atoms with Crippen molar-refractivity contribution in [3.63, 3.8) is 0 Å². The van der Waals surface area contributed by atoms with E-state index < -0.39 is 36.2 Å². The largest absolute Gasteiger partial charge is 0.507 e. The summed E-state index contributed by atoms with van der Waals surface area (Å²) in [6.45, 7) is 5.35. The Labute approximate surface area is 182 Å². The average Bonchev–Trinajstić information content (AvgIpc) is 3.01. The molecular formula is C23H30O8. The van der Waals surface area contributed by atoms with Gasteiger partial charge in [0, 0.05) is 18.1 Å². The molecule has 2 heterocycles. The maximum Gasteiger partial charge on any atom is 0.342 e. The molecule has 0 aromatic heterocycles. The zero-order valence-electron chi connectivity index (χ0n) is 18.5. The number of methoxy groups -OCH3 is 2. The van der Waals surface area contributed by atoms with Crippen LogP contribution in [-0.4, -0.2) is 60.6 Å². The molecule has 1 fully saturated rings. The molecule has 0 aliphatic carbocycles. The lowest BCUT2D eigenvalue weighted by molar-refractivity contribution is -0.153. The number of fused-ring (bicyclic) bond motifs is 2. The number of phenolic OH excluding ortho intramolecular Hbond substituents is 1. The third kappa shape index (κ3) is 5.03. The molecule has 31 heavy (non-hydrogen) atoms. The van der Waals surface area contributed by atoms with Crippen LogP contribution in [0.3, 0.4) is 0 Å². The van der Waals surface area contributed by atoms with Gasteiger partial charge in [0.1, 0.15) is 29.6 Å². The Bertz CT molecular complexity index is 873. The SMILES string of the molecule is COc1cc(O)c2c(c1OC)/C=C/C[C@@H](O)[C@@H]1OC(C)(C)O[C@H]1/C=C/C[C@H](C)OC2=O. The third-order valence-corrected chi connectivity index (χ3v) is 5.20. The van der Waals surface area contributed by atoms with Gasteiger partial charge >= 0.3 is 5.97 Å². The van der Waals surface area contributed by atoms with E-state index in [9.17, 15) is 15.0 Å². The fourth-order valence-electron chi connectivity index (χ4n) is 3.80. The van der Waals surface area contributed by atoms with E-state index in [1.165, 1.54) is 20.3 Å². The summed E-state index contributed by atoms with van der Waals surface area (Å²) in [7, 11) is 2.88. The van der Waals surface area contributed by atoms with Crippen molar-refractivity contribution < 1.29 is 38.7 Å². The van der Waals surface area contributed by atoms with Gasteiger partial charge in [0.25, 0.3) is 0 Å². The van der Waals surface area contributed by atoms with Crippen molar-refractivity contribution in [1.82, 2.24) is 0 Å². The monoisotopic (exact) mass is 434 g/mol. The summed E-state index contributed by atoms with van der Waals surface area (Å²) in [5, 5.41) is 21.3. The van der Waals surface area contributed by atoms with Crippen molar-refractivity contribution in [2.45, 2.75) is 63.8 Å². The summed E-state index contributed by atoms with van der Waals surface area (Å²) in [6.07, 6.45) is 5.28. The number of esters is 1. The molecule has 1 saturated heterocycles. The van der Waals surface area contributed by atoms with Crippen molar-refractivity contribution in [3.05, 3.63) is 35.4 Å². The van der Waals surface area contributed by atoms with Gasteiger partial charge in [-0.3, -0.25) is 0 Å². The Hall–Kier alpha value is -2.55. The minimum atomic E-state index is -0.853. The number of ether oxygens (including phenoxy) is 5. The van der Waals surface area contributed by atoms with Crippen LogP contribution < -0.4 is 9.47 Å².